The second kappa shape index (κ2) is 9.70. The molecule has 1 aromatic rings. The molecule has 25 heavy (non-hydrogen) atoms. The average Bonchev–Trinajstić information content (AvgIpc) is 2.49. The third kappa shape index (κ3) is 8.29. The molecule has 2 unspecified atom stereocenters. The lowest BCUT2D eigenvalue weighted by atomic mass is 9.97. The molecule has 0 fully saturated rings. The number of ether oxygens (including phenoxy) is 1. The molecule has 5 nitrogen and oxygen atoms in total. The van der Waals surface area contributed by atoms with Crippen molar-refractivity contribution in [3.8, 4) is 5.75 Å². The molecule has 0 heterocycles. The van der Waals surface area contributed by atoms with Crippen LogP contribution in [0.5, 0.6) is 5.75 Å². The first-order valence-electron chi connectivity index (χ1n) is 8.40. The monoisotopic (exact) mass is 367 g/mol. The van der Waals surface area contributed by atoms with E-state index in [4.69, 9.17) is 4.74 Å². The number of phenols is 1. The Hall–Kier alpha value is -1.69. The fourth-order valence-electron chi connectivity index (χ4n) is 2.50. The maximum atomic E-state index is 12.0. The number of thioether (sulfide) groups is 1. The van der Waals surface area contributed by atoms with E-state index in [2.05, 4.69) is 5.32 Å². The fourth-order valence-corrected chi connectivity index (χ4v) is 3.82. The van der Waals surface area contributed by atoms with Crippen molar-refractivity contribution in [2.75, 3.05) is 12.9 Å². The van der Waals surface area contributed by atoms with E-state index >= 15 is 0 Å². The van der Waals surface area contributed by atoms with Gasteiger partial charge in [0, 0.05) is 29.4 Å². The Morgan fingerprint density at radius 2 is 2.00 bits per heavy atom. The summed E-state index contributed by atoms with van der Waals surface area (Å²) < 4.78 is 4.77. The molecule has 0 radical (unpaired) electrons. The van der Waals surface area contributed by atoms with Crippen LogP contribution in [-0.2, 0) is 14.3 Å². The molecule has 1 rings (SSSR count). The summed E-state index contributed by atoms with van der Waals surface area (Å²) in [5.74, 6) is 0.594. The van der Waals surface area contributed by atoms with Gasteiger partial charge < -0.3 is 15.2 Å². The highest BCUT2D eigenvalue weighted by Gasteiger charge is 2.24. The molecule has 0 aliphatic rings. The van der Waals surface area contributed by atoms with Gasteiger partial charge in [-0.3, -0.25) is 9.59 Å². The van der Waals surface area contributed by atoms with Crippen LogP contribution < -0.4 is 5.32 Å². The van der Waals surface area contributed by atoms with E-state index in [1.807, 2.05) is 33.8 Å². The normalized spacial score (nSPS) is 13.8. The number of phenolic OH excluding ortho intramolecular Hbond substituents is 1. The van der Waals surface area contributed by atoms with Gasteiger partial charge in [-0.15, -0.1) is 0 Å². The number of esters is 1. The van der Waals surface area contributed by atoms with Crippen LogP contribution in [0.3, 0.4) is 0 Å². The van der Waals surface area contributed by atoms with Gasteiger partial charge in [0.1, 0.15) is 5.75 Å². The first-order chi connectivity index (χ1) is 11.6. The maximum Gasteiger partial charge on any atom is 0.305 e. The van der Waals surface area contributed by atoms with Crippen LogP contribution in [0.2, 0.25) is 0 Å². The summed E-state index contributed by atoms with van der Waals surface area (Å²) >= 11 is 1.62. The zero-order valence-corrected chi connectivity index (χ0v) is 16.5. The van der Waals surface area contributed by atoms with Crippen molar-refractivity contribution in [3.63, 3.8) is 0 Å². The molecule has 0 aromatic heterocycles. The lowest BCUT2D eigenvalue weighted by molar-refractivity contribution is -0.141. The molecule has 2 N–H and O–H groups in total. The Labute approximate surface area is 154 Å². The predicted octanol–water partition coefficient (Wildman–Crippen LogP) is 3.67. The Morgan fingerprint density at radius 1 is 1.32 bits per heavy atom. The lowest BCUT2D eigenvalue weighted by Gasteiger charge is -2.24. The first kappa shape index (κ1) is 21.4. The van der Waals surface area contributed by atoms with Crippen molar-refractivity contribution in [3.05, 3.63) is 29.8 Å². The molecule has 140 valence electrons. The first-order valence-corrected chi connectivity index (χ1v) is 9.45. The van der Waals surface area contributed by atoms with Crippen LogP contribution in [-0.4, -0.2) is 35.4 Å². The standard InChI is InChI=1S/C19H29NO4S/c1-13(11-17(23)24-5)18(14-7-6-8-15(21)12-14)25-10-9-16(22)20-19(2,3)4/h6-8,12-13,18,21H,9-11H2,1-5H3,(H,20,22). The summed E-state index contributed by atoms with van der Waals surface area (Å²) in [7, 11) is 1.38. The van der Waals surface area contributed by atoms with E-state index < -0.39 is 0 Å². The summed E-state index contributed by atoms with van der Waals surface area (Å²) in [6.07, 6.45) is 0.695. The van der Waals surface area contributed by atoms with Crippen LogP contribution in [0.4, 0.5) is 0 Å². The molecule has 1 aromatic carbocycles. The SMILES string of the molecule is COC(=O)CC(C)C(SCCC(=O)NC(C)(C)C)c1cccc(O)c1. The van der Waals surface area contributed by atoms with Crippen molar-refractivity contribution in [2.24, 2.45) is 5.92 Å². The summed E-state index contributed by atoms with van der Waals surface area (Å²) in [5.41, 5.74) is 0.697. The quantitative estimate of drug-likeness (QED) is 0.686. The van der Waals surface area contributed by atoms with E-state index in [9.17, 15) is 14.7 Å². The maximum absolute atomic E-state index is 12.0. The van der Waals surface area contributed by atoms with Crippen molar-refractivity contribution in [1.29, 1.82) is 0 Å². The second-order valence-electron chi connectivity index (χ2n) is 7.19. The molecule has 0 saturated heterocycles. The van der Waals surface area contributed by atoms with E-state index in [1.165, 1.54) is 7.11 Å². The largest absolute Gasteiger partial charge is 0.508 e. The highest BCUT2D eigenvalue weighted by Crippen LogP contribution is 2.39. The smallest absolute Gasteiger partial charge is 0.305 e. The summed E-state index contributed by atoms with van der Waals surface area (Å²) in [6, 6.07) is 7.05. The topological polar surface area (TPSA) is 75.6 Å². The summed E-state index contributed by atoms with van der Waals surface area (Å²) in [4.78, 5) is 23.6. The van der Waals surface area contributed by atoms with Crippen molar-refractivity contribution >= 4 is 23.6 Å². The minimum Gasteiger partial charge on any atom is -0.508 e. The number of nitrogens with one attached hydrogen (secondary N) is 1. The highest BCUT2D eigenvalue weighted by atomic mass is 32.2. The second-order valence-corrected chi connectivity index (χ2v) is 8.44. The number of carbonyl (C=O) groups is 2. The van der Waals surface area contributed by atoms with E-state index in [-0.39, 0.29) is 40.8 Å². The number of aromatic hydroxyl groups is 1. The van der Waals surface area contributed by atoms with Crippen LogP contribution in [0.15, 0.2) is 24.3 Å². The zero-order valence-electron chi connectivity index (χ0n) is 15.7. The number of amides is 1. The third-order valence-corrected chi connectivity index (χ3v) is 5.11. The van der Waals surface area contributed by atoms with Gasteiger partial charge in [-0.1, -0.05) is 19.1 Å². The van der Waals surface area contributed by atoms with E-state index in [0.717, 1.165) is 5.56 Å². The molecule has 0 bridgehead atoms. The zero-order chi connectivity index (χ0) is 19.0. The van der Waals surface area contributed by atoms with Gasteiger partial charge in [0.15, 0.2) is 0 Å². The lowest BCUT2D eigenvalue weighted by Crippen LogP contribution is -2.40. The number of benzene rings is 1. The summed E-state index contributed by atoms with van der Waals surface area (Å²) in [5, 5.41) is 12.7. The van der Waals surface area contributed by atoms with Gasteiger partial charge >= 0.3 is 5.97 Å². The number of methoxy groups -OCH3 is 1. The van der Waals surface area contributed by atoms with Gasteiger partial charge in [-0.05, 0) is 44.4 Å². The average molecular weight is 368 g/mol. The van der Waals surface area contributed by atoms with Crippen LogP contribution in [0.25, 0.3) is 0 Å². The van der Waals surface area contributed by atoms with Gasteiger partial charge in [0.2, 0.25) is 5.91 Å². The molecule has 0 aliphatic heterocycles. The molecule has 6 heteroatoms. The Kier molecular flexibility index (Phi) is 8.29. The van der Waals surface area contributed by atoms with Crippen LogP contribution in [0, 0.1) is 5.92 Å². The molecular weight excluding hydrogens is 338 g/mol. The number of hydrogen-bond acceptors (Lipinski definition) is 5. The molecule has 2 atom stereocenters. The molecular formula is C19H29NO4S. The predicted molar refractivity (Wildman–Crippen MR) is 102 cm³/mol. The molecule has 1 amide bonds. The minimum absolute atomic E-state index is 0.00589. The highest BCUT2D eigenvalue weighted by molar-refractivity contribution is 7.99. The molecule has 0 saturated carbocycles. The van der Waals surface area contributed by atoms with Crippen molar-refractivity contribution < 1.29 is 19.4 Å². The Balaban J connectivity index is 2.75. The Bertz CT molecular complexity index is 583. The minimum atomic E-state index is -0.260. The van der Waals surface area contributed by atoms with Crippen LogP contribution >= 0.6 is 11.8 Å². The van der Waals surface area contributed by atoms with E-state index in [1.54, 1.807) is 30.0 Å². The molecule has 0 aliphatic carbocycles. The van der Waals surface area contributed by atoms with Gasteiger partial charge in [0.25, 0.3) is 0 Å². The van der Waals surface area contributed by atoms with Crippen LogP contribution in [0.1, 0.15) is 51.3 Å². The van der Waals surface area contributed by atoms with Gasteiger partial charge in [-0.25, -0.2) is 0 Å². The molecule has 0 spiro atoms. The van der Waals surface area contributed by atoms with Crippen molar-refractivity contribution in [2.45, 2.75) is 51.3 Å². The number of hydrogen-bond donors (Lipinski definition) is 2. The third-order valence-electron chi connectivity index (χ3n) is 3.57. The van der Waals surface area contributed by atoms with Gasteiger partial charge in [-0.2, -0.15) is 11.8 Å². The fraction of sp³-hybridized carbons (Fsp3) is 0.579. The van der Waals surface area contributed by atoms with Gasteiger partial charge in [0.05, 0.1) is 7.11 Å². The number of carbonyl (C=O) groups excluding carboxylic acids is 2. The van der Waals surface area contributed by atoms with E-state index in [0.29, 0.717) is 12.2 Å². The Morgan fingerprint density at radius 3 is 2.56 bits per heavy atom. The summed E-state index contributed by atoms with van der Waals surface area (Å²) in [6.45, 7) is 7.83. The number of rotatable bonds is 8. The van der Waals surface area contributed by atoms with Crippen molar-refractivity contribution in [1.82, 2.24) is 5.32 Å².